The van der Waals surface area contributed by atoms with Gasteiger partial charge in [0.05, 0.1) is 12.3 Å². The van der Waals surface area contributed by atoms with Gasteiger partial charge >= 0.3 is 5.97 Å². The molecule has 0 saturated heterocycles. The van der Waals surface area contributed by atoms with Crippen molar-refractivity contribution in [3.8, 4) is 5.75 Å². The minimum atomic E-state index is -0.735. The predicted octanol–water partition coefficient (Wildman–Crippen LogP) is 2.59. The van der Waals surface area contributed by atoms with Crippen LogP contribution < -0.4 is 9.64 Å². The van der Waals surface area contributed by atoms with Gasteiger partial charge in [-0.1, -0.05) is 20.8 Å². The van der Waals surface area contributed by atoms with Crippen molar-refractivity contribution in [1.82, 2.24) is 0 Å². The van der Waals surface area contributed by atoms with Crippen molar-refractivity contribution in [1.29, 1.82) is 0 Å². The number of ketones is 1. The predicted molar refractivity (Wildman–Crippen MR) is 89.3 cm³/mol. The summed E-state index contributed by atoms with van der Waals surface area (Å²) in [5, 5.41) is 0. The van der Waals surface area contributed by atoms with Gasteiger partial charge in [-0.3, -0.25) is 14.5 Å². The van der Waals surface area contributed by atoms with Crippen LogP contribution in [0.4, 0.5) is 5.69 Å². The monoisotopic (exact) mass is 333 g/mol. The van der Waals surface area contributed by atoms with Gasteiger partial charge in [0.15, 0.2) is 12.4 Å². The van der Waals surface area contributed by atoms with E-state index in [1.807, 2.05) is 20.8 Å². The minimum absolute atomic E-state index is 0.119. The van der Waals surface area contributed by atoms with Crippen LogP contribution in [0.3, 0.4) is 0 Å². The Morgan fingerprint density at radius 3 is 2.62 bits per heavy atom. The fraction of sp³-hybridized carbons (Fsp3) is 0.500. The molecule has 1 aliphatic heterocycles. The normalized spacial score (nSPS) is 14.9. The third-order valence-corrected chi connectivity index (χ3v) is 3.77. The maximum absolute atomic E-state index is 12.4. The molecule has 1 atom stereocenters. The molecule has 24 heavy (non-hydrogen) atoms. The topological polar surface area (TPSA) is 72.9 Å². The van der Waals surface area contributed by atoms with Gasteiger partial charge in [-0.25, -0.2) is 4.79 Å². The SMILES string of the molecule is CCC(C(=O)OCC(C)C)N1C(=O)COc2ccc(C(C)=O)cc21. The third kappa shape index (κ3) is 3.75. The Bertz CT molecular complexity index is 653. The van der Waals surface area contributed by atoms with Crippen molar-refractivity contribution in [2.24, 2.45) is 5.92 Å². The van der Waals surface area contributed by atoms with E-state index in [1.54, 1.807) is 18.2 Å². The highest BCUT2D eigenvalue weighted by atomic mass is 16.5. The van der Waals surface area contributed by atoms with Crippen LogP contribution >= 0.6 is 0 Å². The number of hydrogen-bond donors (Lipinski definition) is 0. The molecular weight excluding hydrogens is 310 g/mol. The summed E-state index contributed by atoms with van der Waals surface area (Å²) in [6, 6.07) is 4.15. The van der Waals surface area contributed by atoms with Gasteiger partial charge in [0.2, 0.25) is 0 Å². The fourth-order valence-corrected chi connectivity index (χ4v) is 2.53. The van der Waals surface area contributed by atoms with Crippen molar-refractivity contribution in [3.05, 3.63) is 23.8 Å². The number of benzene rings is 1. The second kappa shape index (κ2) is 7.47. The van der Waals surface area contributed by atoms with E-state index in [1.165, 1.54) is 11.8 Å². The first-order valence-electron chi connectivity index (χ1n) is 8.11. The number of fused-ring (bicyclic) bond motifs is 1. The van der Waals surface area contributed by atoms with Gasteiger partial charge in [0.1, 0.15) is 11.8 Å². The first-order valence-corrected chi connectivity index (χ1v) is 8.11. The molecule has 1 aromatic carbocycles. The summed E-state index contributed by atoms with van der Waals surface area (Å²) in [7, 11) is 0. The Kier molecular flexibility index (Phi) is 5.59. The molecule has 0 bridgehead atoms. The third-order valence-electron chi connectivity index (χ3n) is 3.77. The molecule has 1 amide bonds. The zero-order chi connectivity index (χ0) is 17.9. The Hall–Kier alpha value is -2.37. The lowest BCUT2D eigenvalue weighted by atomic mass is 10.1. The Labute approximate surface area is 141 Å². The lowest BCUT2D eigenvalue weighted by Crippen LogP contribution is -2.50. The van der Waals surface area contributed by atoms with Crippen LogP contribution in [0.2, 0.25) is 0 Å². The molecule has 0 N–H and O–H groups in total. The summed E-state index contributed by atoms with van der Waals surface area (Å²) in [6.45, 7) is 7.32. The minimum Gasteiger partial charge on any atom is -0.482 e. The van der Waals surface area contributed by atoms with E-state index in [4.69, 9.17) is 9.47 Å². The average Bonchev–Trinajstić information content (AvgIpc) is 2.54. The van der Waals surface area contributed by atoms with E-state index in [0.29, 0.717) is 30.0 Å². The van der Waals surface area contributed by atoms with Crippen molar-refractivity contribution in [2.75, 3.05) is 18.1 Å². The van der Waals surface area contributed by atoms with E-state index in [2.05, 4.69) is 0 Å². The number of nitrogens with zero attached hydrogens (tertiary/aromatic N) is 1. The van der Waals surface area contributed by atoms with Gasteiger partial charge < -0.3 is 9.47 Å². The van der Waals surface area contributed by atoms with E-state index >= 15 is 0 Å². The molecule has 1 aromatic rings. The van der Waals surface area contributed by atoms with Gasteiger partial charge in [0.25, 0.3) is 5.91 Å². The summed E-state index contributed by atoms with van der Waals surface area (Å²) in [5.41, 5.74) is 0.898. The first kappa shape index (κ1) is 18.0. The number of esters is 1. The van der Waals surface area contributed by atoms with Crippen LogP contribution in [0.25, 0.3) is 0 Å². The van der Waals surface area contributed by atoms with E-state index in [0.717, 1.165) is 0 Å². The molecule has 0 aliphatic carbocycles. The van der Waals surface area contributed by atoms with E-state index in [9.17, 15) is 14.4 Å². The summed E-state index contributed by atoms with van der Waals surface area (Å²) in [6.07, 6.45) is 0.409. The van der Waals surface area contributed by atoms with Crippen LogP contribution in [0.1, 0.15) is 44.5 Å². The molecule has 0 radical (unpaired) electrons. The molecule has 6 nitrogen and oxygen atoms in total. The number of amides is 1. The molecule has 6 heteroatoms. The highest BCUT2D eigenvalue weighted by molar-refractivity contribution is 6.04. The highest BCUT2D eigenvalue weighted by Crippen LogP contribution is 2.35. The summed E-state index contributed by atoms with van der Waals surface area (Å²) < 4.78 is 10.7. The van der Waals surface area contributed by atoms with Crippen molar-refractivity contribution in [2.45, 2.75) is 40.2 Å². The quantitative estimate of drug-likeness (QED) is 0.591. The molecule has 0 aromatic heterocycles. The van der Waals surface area contributed by atoms with Crippen LogP contribution in [-0.2, 0) is 14.3 Å². The van der Waals surface area contributed by atoms with Crippen LogP contribution in [0.15, 0.2) is 18.2 Å². The second-order valence-corrected chi connectivity index (χ2v) is 6.24. The molecule has 0 spiro atoms. The zero-order valence-corrected chi connectivity index (χ0v) is 14.5. The molecule has 0 fully saturated rings. The number of carbonyl (C=O) groups excluding carboxylic acids is 3. The summed E-state index contributed by atoms with van der Waals surface area (Å²) >= 11 is 0. The molecule has 0 saturated carbocycles. The van der Waals surface area contributed by atoms with Gasteiger partial charge in [-0.2, -0.15) is 0 Å². The van der Waals surface area contributed by atoms with Gasteiger partial charge in [-0.15, -0.1) is 0 Å². The Balaban J connectivity index is 2.37. The summed E-state index contributed by atoms with van der Waals surface area (Å²) in [5.74, 6) is -0.193. The largest absolute Gasteiger partial charge is 0.482 e. The number of carbonyl (C=O) groups is 3. The second-order valence-electron chi connectivity index (χ2n) is 6.24. The fourth-order valence-electron chi connectivity index (χ4n) is 2.53. The maximum atomic E-state index is 12.4. The lowest BCUT2D eigenvalue weighted by Gasteiger charge is -2.34. The summed E-state index contributed by atoms with van der Waals surface area (Å²) in [4.78, 5) is 37.8. The molecule has 1 aliphatic rings. The molecule has 2 rings (SSSR count). The van der Waals surface area contributed by atoms with E-state index in [-0.39, 0.29) is 24.2 Å². The average molecular weight is 333 g/mol. The van der Waals surface area contributed by atoms with Crippen molar-refractivity contribution >= 4 is 23.3 Å². The Morgan fingerprint density at radius 2 is 2.04 bits per heavy atom. The van der Waals surface area contributed by atoms with Crippen LogP contribution in [-0.4, -0.2) is 36.9 Å². The first-order chi connectivity index (χ1) is 11.3. The number of rotatable bonds is 6. The van der Waals surface area contributed by atoms with Crippen molar-refractivity contribution in [3.63, 3.8) is 0 Å². The number of Topliss-reactive ketones (excluding diaryl/α,β-unsaturated/α-hetero) is 1. The Morgan fingerprint density at radius 1 is 1.33 bits per heavy atom. The molecule has 130 valence electrons. The lowest BCUT2D eigenvalue weighted by molar-refractivity contribution is -0.147. The number of ether oxygens (including phenoxy) is 2. The standard InChI is InChI=1S/C18H23NO5/c1-5-14(18(22)24-9-11(2)3)19-15-8-13(12(4)20)6-7-16(15)23-10-17(19)21/h6-8,11,14H,5,9-10H2,1-4H3. The van der Waals surface area contributed by atoms with E-state index < -0.39 is 12.0 Å². The zero-order valence-electron chi connectivity index (χ0n) is 14.5. The number of anilines is 1. The van der Waals surface area contributed by atoms with Crippen LogP contribution in [0, 0.1) is 5.92 Å². The molecule has 1 unspecified atom stereocenters. The van der Waals surface area contributed by atoms with Gasteiger partial charge in [0, 0.05) is 5.56 Å². The van der Waals surface area contributed by atoms with Crippen molar-refractivity contribution < 1.29 is 23.9 Å². The van der Waals surface area contributed by atoms with Gasteiger partial charge in [-0.05, 0) is 37.5 Å². The molecular formula is C18H23NO5. The molecule has 1 heterocycles. The van der Waals surface area contributed by atoms with Crippen LogP contribution in [0.5, 0.6) is 5.75 Å². The maximum Gasteiger partial charge on any atom is 0.329 e. The number of hydrogen-bond acceptors (Lipinski definition) is 5. The smallest absolute Gasteiger partial charge is 0.329 e. The highest BCUT2D eigenvalue weighted by Gasteiger charge is 2.36.